The molecule has 0 spiro atoms. The molecule has 2 N–H and O–H groups in total. The normalized spacial score (nSPS) is 16.7. The first-order chi connectivity index (χ1) is 9.24. The standard InChI is InChI=1S/C15H21ClN2S/c16-13-9-7-12(8-10-13)11-17-15(19)18-14-5-3-1-2-4-6-14/h7-10,14H,1-6,11H2,(H2,17,18,19). The third-order valence-corrected chi connectivity index (χ3v) is 4.07. The van der Waals surface area contributed by atoms with Crippen LogP contribution in [0.5, 0.6) is 0 Å². The van der Waals surface area contributed by atoms with E-state index in [0.29, 0.717) is 6.04 Å². The zero-order chi connectivity index (χ0) is 13.5. The molecule has 0 aromatic heterocycles. The van der Waals surface area contributed by atoms with Crippen molar-refractivity contribution in [3.8, 4) is 0 Å². The lowest BCUT2D eigenvalue weighted by molar-refractivity contribution is 0.528. The summed E-state index contributed by atoms with van der Waals surface area (Å²) >= 11 is 11.2. The summed E-state index contributed by atoms with van der Waals surface area (Å²) in [5.74, 6) is 0. The van der Waals surface area contributed by atoms with Gasteiger partial charge in [-0.15, -0.1) is 0 Å². The third-order valence-electron chi connectivity index (χ3n) is 3.56. The molecule has 4 heteroatoms. The van der Waals surface area contributed by atoms with E-state index >= 15 is 0 Å². The molecule has 1 aromatic rings. The molecule has 0 aliphatic heterocycles. The van der Waals surface area contributed by atoms with Crippen LogP contribution >= 0.6 is 23.8 Å². The first kappa shape index (κ1) is 14.6. The topological polar surface area (TPSA) is 24.1 Å². The van der Waals surface area contributed by atoms with Gasteiger partial charge in [-0.1, -0.05) is 49.4 Å². The molecule has 1 aliphatic rings. The number of benzene rings is 1. The smallest absolute Gasteiger partial charge is 0.166 e. The predicted molar refractivity (Wildman–Crippen MR) is 85.5 cm³/mol. The average Bonchev–Trinajstić information content (AvgIpc) is 2.67. The van der Waals surface area contributed by atoms with Crippen molar-refractivity contribution in [1.29, 1.82) is 0 Å². The van der Waals surface area contributed by atoms with Crippen LogP contribution in [0.3, 0.4) is 0 Å². The molecule has 0 radical (unpaired) electrons. The fraction of sp³-hybridized carbons (Fsp3) is 0.533. The van der Waals surface area contributed by atoms with Gasteiger partial charge in [-0.05, 0) is 42.8 Å². The van der Waals surface area contributed by atoms with Crippen LogP contribution in [-0.2, 0) is 6.54 Å². The second-order valence-electron chi connectivity index (χ2n) is 5.14. The highest BCUT2D eigenvalue weighted by Gasteiger charge is 2.12. The van der Waals surface area contributed by atoms with Gasteiger partial charge in [-0.3, -0.25) is 0 Å². The van der Waals surface area contributed by atoms with Crippen molar-refractivity contribution >= 4 is 28.9 Å². The summed E-state index contributed by atoms with van der Waals surface area (Å²) in [4.78, 5) is 0. The van der Waals surface area contributed by atoms with Crippen LogP contribution in [0.25, 0.3) is 0 Å². The molecule has 0 amide bonds. The molecule has 104 valence electrons. The molecular formula is C15H21ClN2S. The lowest BCUT2D eigenvalue weighted by Gasteiger charge is -2.19. The first-order valence-electron chi connectivity index (χ1n) is 7.03. The van der Waals surface area contributed by atoms with Crippen molar-refractivity contribution in [3.63, 3.8) is 0 Å². The second kappa shape index (κ2) is 7.71. The van der Waals surface area contributed by atoms with Gasteiger partial charge in [0.25, 0.3) is 0 Å². The van der Waals surface area contributed by atoms with Gasteiger partial charge >= 0.3 is 0 Å². The summed E-state index contributed by atoms with van der Waals surface area (Å²) in [5, 5.41) is 8.23. The molecule has 0 atom stereocenters. The quantitative estimate of drug-likeness (QED) is 0.650. The molecule has 19 heavy (non-hydrogen) atoms. The highest BCUT2D eigenvalue weighted by Crippen LogP contribution is 2.17. The zero-order valence-electron chi connectivity index (χ0n) is 11.1. The number of hydrogen-bond acceptors (Lipinski definition) is 1. The number of hydrogen-bond donors (Lipinski definition) is 2. The van der Waals surface area contributed by atoms with Crippen LogP contribution in [0, 0.1) is 0 Å². The molecule has 0 unspecified atom stereocenters. The van der Waals surface area contributed by atoms with Crippen LogP contribution in [0.2, 0.25) is 5.02 Å². The number of nitrogens with one attached hydrogen (secondary N) is 2. The Morgan fingerprint density at radius 2 is 1.74 bits per heavy atom. The molecule has 1 saturated carbocycles. The molecule has 0 saturated heterocycles. The fourth-order valence-electron chi connectivity index (χ4n) is 2.44. The van der Waals surface area contributed by atoms with Gasteiger partial charge in [0.2, 0.25) is 0 Å². The van der Waals surface area contributed by atoms with E-state index < -0.39 is 0 Å². The van der Waals surface area contributed by atoms with Gasteiger partial charge in [-0.2, -0.15) is 0 Å². The van der Waals surface area contributed by atoms with Crippen LogP contribution in [-0.4, -0.2) is 11.2 Å². The first-order valence-corrected chi connectivity index (χ1v) is 7.81. The number of rotatable bonds is 3. The van der Waals surface area contributed by atoms with Crippen LogP contribution in [0.4, 0.5) is 0 Å². The highest BCUT2D eigenvalue weighted by atomic mass is 35.5. The van der Waals surface area contributed by atoms with Crippen LogP contribution in [0.15, 0.2) is 24.3 Å². The Labute approximate surface area is 125 Å². The second-order valence-corrected chi connectivity index (χ2v) is 5.99. The van der Waals surface area contributed by atoms with Crippen LogP contribution < -0.4 is 10.6 Å². The fourth-order valence-corrected chi connectivity index (χ4v) is 2.81. The van der Waals surface area contributed by atoms with Gasteiger partial charge in [0.05, 0.1) is 0 Å². The summed E-state index contributed by atoms with van der Waals surface area (Å²) in [7, 11) is 0. The Morgan fingerprint density at radius 3 is 2.37 bits per heavy atom. The van der Waals surface area contributed by atoms with Crippen molar-refractivity contribution in [1.82, 2.24) is 10.6 Å². The van der Waals surface area contributed by atoms with Crippen molar-refractivity contribution in [2.24, 2.45) is 0 Å². The van der Waals surface area contributed by atoms with Crippen molar-refractivity contribution in [2.45, 2.75) is 51.1 Å². The minimum atomic E-state index is 0.549. The lowest BCUT2D eigenvalue weighted by atomic mass is 10.1. The maximum Gasteiger partial charge on any atom is 0.166 e. The highest BCUT2D eigenvalue weighted by molar-refractivity contribution is 7.80. The third kappa shape index (κ3) is 5.37. The Balaban J connectivity index is 1.73. The predicted octanol–water partition coefficient (Wildman–Crippen LogP) is 4.03. The monoisotopic (exact) mass is 296 g/mol. The Bertz CT molecular complexity index is 397. The van der Waals surface area contributed by atoms with E-state index in [0.717, 1.165) is 16.7 Å². The van der Waals surface area contributed by atoms with E-state index in [4.69, 9.17) is 23.8 Å². The summed E-state index contributed by atoms with van der Waals surface area (Å²) < 4.78 is 0. The molecule has 1 aromatic carbocycles. The largest absolute Gasteiger partial charge is 0.360 e. The van der Waals surface area contributed by atoms with E-state index in [1.165, 1.54) is 44.1 Å². The zero-order valence-corrected chi connectivity index (χ0v) is 12.7. The minimum Gasteiger partial charge on any atom is -0.360 e. The van der Waals surface area contributed by atoms with Gasteiger partial charge in [-0.25, -0.2) is 0 Å². The SMILES string of the molecule is S=C(NCc1ccc(Cl)cc1)NC1CCCCCC1. The van der Waals surface area contributed by atoms with E-state index in [2.05, 4.69) is 10.6 Å². The summed E-state index contributed by atoms with van der Waals surface area (Å²) in [6.45, 7) is 0.746. The van der Waals surface area contributed by atoms with E-state index in [-0.39, 0.29) is 0 Å². The maximum absolute atomic E-state index is 5.86. The molecule has 2 nitrogen and oxygen atoms in total. The minimum absolute atomic E-state index is 0.549. The molecule has 0 heterocycles. The van der Waals surface area contributed by atoms with Crippen molar-refractivity contribution in [2.75, 3.05) is 0 Å². The number of halogens is 1. The molecular weight excluding hydrogens is 276 g/mol. The van der Waals surface area contributed by atoms with Gasteiger partial charge < -0.3 is 10.6 Å². The Morgan fingerprint density at radius 1 is 1.11 bits per heavy atom. The molecule has 2 rings (SSSR count). The summed E-state index contributed by atoms with van der Waals surface area (Å²) in [6, 6.07) is 8.39. The maximum atomic E-state index is 5.86. The average molecular weight is 297 g/mol. The Kier molecular flexibility index (Phi) is 5.93. The van der Waals surface area contributed by atoms with E-state index in [9.17, 15) is 0 Å². The number of thiocarbonyl (C=S) groups is 1. The van der Waals surface area contributed by atoms with Crippen molar-refractivity contribution in [3.05, 3.63) is 34.9 Å². The Hall–Kier alpha value is -0.800. The van der Waals surface area contributed by atoms with Gasteiger partial charge in [0, 0.05) is 17.6 Å². The lowest BCUT2D eigenvalue weighted by Crippen LogP contribution is -2.41. The van der Waals surface area contributed by atoms with Gasteiger partial charge in [0.15, 0.2) is 5.11 Å². The molecule has 1 aliphatic carbocycles. The van der Waals surface area contributed by atoms with Crippen LogP contribution in [0.1, 0.15) is 44.1 Å². The van der Waals surface area contributed by atoms with Gasteiger partial charge in [0.1, 0.15) is 0 Å². The molecule has 1 fully saturated rings. The van der Waals surface area contributed by atoms with Crippen molar-refractivity contribution < 1.29 is 0 Å². The van der Waals surface area contributed by atoms with E-state index in [1.54, 1.807) is 0 Å². The summed E-state index contributed by atoms with van der Waals surface area (Å²) in [6.07, 6.45) is 7.84. The molecule has 0 bridgehead atoms. The van der Waals surface area contributed by atoms with E-state index in [1.807, 2.05) is 24.3 Å². The summed E-state index contributed by atoms with van der Waals surface area (Å²) in [5.41, 5.74) is 1.19.